The summed E-state index contributed by atoms with van der Waals surface area (Å²) in [6.07, 6.45) is -17.3. The molecule has 280 valence electrons. The van der Waals surface area contributed by atoms with E-state index in [0.717, 1.165) is 62.3 Å². The van der Waals surface area contributed by atoms with Crippen LogP contribution in [0.2, 0.25) is 0 Å². The average Bonchev–Trinajstić information content (AvgIpc) is 2.94. The Labute approximate surface area is 285 Å². The first-order valence-corrected chi connectivity index (χ1v) is 15.1. The van der Waals surface area contributed by atoms with Crippen LogP contribution in [-0.2, 0) is 90.5 Å². The van der Waals surface area contributed by atoms with Gasteiger partial charge in [0, 0.05) is 62.3 Å². The second-order valence-corrected chi connectivity index (χ2v) is 11.2. The lowest BCUT2D eigenvalue weighted by Crippen LogP contribution is -2.71. The molecule has 2 fully saturated rings. The van der Waals surface area contributed by atoms with E-state index in [9.17, 15) is 43.2 Å². The number of carbonyl (C=O) groups is 9. The normalized spacial score (nSPS) is 30.3. The summed E-state index contributed by atoms with van der Waals surface area (Å²) in [5, 5.41) is 2.48. The highest BCUT2D eigenvalue weighted by molar-refractivity contribution is 5.74. The molecule has 0 bridgehead atoms. The summed E-state index contributed by atoms with van der Waals surface area (Å²) in [4.78, 5) is 111. The monoisotopic (exact) mass is 719 g/mol. The summed E-state index contributed by atoms with van der Waals surface area (Å²) < 4.78 is 55.4. The van der Waals surface area contributed by atoms with Gasteiger partial charge in [-0.15, -0.1) is 0 Å². The van der Waals surface area contributed by atoms with Crippen molar-refractivity contribution in [3.8, 4) is 0 Å². The maximum Gasteiger partial charge on any atom is 0.303 e. The zero-order valence-corrected chi connectivity index (χ0v) is 28.8. The van der Waals surface area contributed by atoms with E-state index in [1.807, 2.05) is 0 Å². The Balaban J connectivity index is 2.89. The molecule has 11 atom stereocenters. The molecular formula is C30H41NO19. The highest BCUT2D eigenvalue weighted by Crippen LogP contribution is 2.37. The molecule has 1 N–H and O–H groups in total. The van der Waals surface area contributed by atoms with Gasteiger partial charge in [0.25, 0.3) is 0 Å². The zero-order valence-electron chi connectivity index (χ0n) is 28.8. The third-order valence-corrected chi connectivity index (χ3v) is 6.82. The highest BCUT2D eigenvalue weighted by atomic mass is 16.7. The molecule has 50 heavy (non-hydrogen) atoms. The number of amides is 1. The Bertz CT molecular complexity index is 1290. The van der Waals surface area contributed by atoms with Crippen LogP contribution >= 0.6 is 0 Å². The molecule has 1 amide bonds. The molecule has 1 saturated carbocycles. The number of nitrogens with one attached hydrogen (secondary N) is 1. The lowest BCUT2D eigenvalue weighted by Gasteiger charge is -2.50. The summed E-state index contributed by atoms with van der Waals surface area (Å²) in [7, 11) is 0. The number of carbonyl (C=O) groups excluding carboxylic acids is 9. The van der Waals surface area contributed by atoms with Gasteiger partial charge >= 0.3 is 47.8 Å². The molecule has 2 unspecified atom stereocenters. The smallest absolute Gasteiger partial charge is 0.303 e. The number of rotatable bonds is 12. The molecule has 20 heteroatoms. The van der Waals surface area contributed by atoms with Crippen molar-refractivity contribution in [3.05, 3.63) is 0 Å². The van der Waals surface area contributed by atoms with Crippen LogP contribution in [0, 0.1) is 0 Å². The van der Waals surface area contributed by atoms with Crippen LogP contribution in [0.4, 0.5) is 0 Å². The second-order valence-electron chi connectivity index (χ2n) is 11.2. The predicted molar refractivity (Wildman–Crippen MR) is 157 cm³/mol. The molecule has 1 aliphatic carbocycles. The first-order chi connectivity index (χ1) is 23.2. The van der Waals surface area contributed by atoms with E-state index in [2.05, 4.69) is 5.32 Å². The van der Waals surface area contributed by atoms with Gasteiger partial charge in [0.05, 0.1) is 0 Å². The minimum absolute atomic E-state index is 0.621. The zero-order chi connectivity index (χ0) is 38.0. The van der Waals surface area contributed by atoms with Crippen molar-refractivity contribution in [2.24, 2.45) is 0 Å². The molecule has 2 aliphatic rings. The Kier molecular flexibility index (Phi) is 15.1. The van der Waals surface area contributed by atoms with Crippen molar-refractivity contribution >= 4 is 53.7 Å². The van der Waals surface area contributed by atoms with E-state index >= 15 is 0 Å². The van der Waals surface area contributed by atoms with Gasteiger partial charge in [0.2, 0.25) is 5.91 Å². The molecule has 2 rings (SSSR count). The number of hydrogen-bond donors (Lipinski definition) is 1. The predicted octanol–water partition coefficient (Wildman–Crippen LogP) is -1.30. The summed E-state index contributed by atoms with van der Waals surface area (Å²) in [6.45, 7) is 8.43. The van der Waals surface area contributed by atoms with Crippen molar-refractivity contribution in [1.82, 2.24) is 5.32 Å². The van der Waals surface area contributed by atoms with E-state index in [-0.39, 0.29) is 0 Å². The highest BCUT2D eigenvalue weighted by Gasteiger charge is 2.62. The summed E-state index contributed by atoms with van der Waals surface area (Å²) >= 11 is 0. The molecule has 1 aliphatic heterocycles. The number of esters is 8. The summed E-state index contributed by atoms with van der Waals surface area (Å²) in [6, 6.07) is -1.57. The molecular weight excluding hydrogens is 678 g/mol. The van der Waals surface area contributed by atoms with Crippen molar-refractivity contribution in [2.45, 2.75) is 130 Å². The average molecular weight is 720 g/mol. The van der Waals surface area contributed by atoms with Crippen molar-refractivity contribution in [1.29, 1.82) is 0 Å². The lowest BCUT2D eigenvalue weighted by molar-refractivity contribution is -0.324. The number of hydrogen-bond acceptors (Lipinski definition) is 19. The van der Waals surface area contributed by atoms with Crippen LogP contribution in [-0.4, -0.2) is 128 Å². The van der Waals surface area contributed by atoms with Gasteiger partial charge in [-0.05, 0) is 0 Å². The van der Waals surface area contributed by atoms with Gasteiger partial charge in [-0.1, -0.05) is 0 Å². The van der Waals surface area contributed by atoms with Gasteiger partial charge in [-0.3, -0.25) is 43.2 Å². The van der Waals surface area contributed by atoms with Crippen LogP contribution < -0.4 is 5.32 Å². The van der Waals surface area contributed by atoms with E-state index < -0.39 is 128 Å². The maximum atomic E-state index is 12.5. The Hall–Kier alpha value is -4.85. The number of ether oxygens (including phenoxy) is 10. The van der Waals surface area contributed by atoms with Crippen LogP contribution in [0.1, 0.15) is 62.3 Å². The third kappa shape index (κ3) is 11.9. The van der Waals surface area contributed by atoms with Crippen molar-refractivity contribution in [2.75, 3.05) is 6.61 Å². The molecule has 1 heterocycles. The Morgan fingerprint density at radius 2 is 0.760 bits per heavy atom. The fourth-order valence-electron chi connectivity index (χ4n) is 5.47. The Morgan fingerprint density at radius 1 is 0.440 bits per heavy atom. The fraction of sp³-hybridized carbons (Fsp3) is 0.700. The van der Waals surface area contributed by atoms with Crippen LogP contribution in [0.3, 0.4) is 0 Å². The van der Waals surface area contributed by atoms with Gasteiger partial charge < -0.3 is 52.7 Å². The molecule has 0 radical (unpaired) electrons. The summed E-state index contributed by atoms with van der Waals surface area (Å²) in [5.74, 6) is -8.28. The summed E-state index contributed by atoms with van der Waals surface area (Å²) in [5.41, 5.74) is 0. The molecule has 20 nitrogen and oxygen atoms in total. The molecule has 0 spiro atoms. The van der Waals surface area contributed by atoms with E-state index in [4.69, 9.17) is 47.4 Å². The SMILES string of the molecule is CC(=O)N[C@H]1[C@H](OC2[C@H](OC(C)=O)[C@H](OC(C)=O)C(OC(C)=O)[C@H](OC(C)=O)[C@H]2OC(C)=O)O[C@H](COC(C)=O)[C@H](OC(C)=O)[C@@H]1OC(C)=O. The van der Waals surface area contributed by atoms with Gasteiger partial charge in [-0.2, -0.15) is 0 Å². The second kappa shape index (κ2) is 18.2. The van der Waals surface area contributed by atoms with Crippen LogP contribution in [0.5, 0.6) is 0 Å². The first kappa shape index (κ1) is 41.3. The topological polar surface area (TPSA) is 258 Å². The van der Waals surface area contributed by atoms with E-state index in [0.29, 0.717) is 0 Å². The van der Waals surface area contributed by atoms with Crippen LogP contribution in [0.25, 0.3) is 0 Å². The van der Waals surface area contributed by atoms with Gasteiger partial charge in [0.15, 0.2) is 49.0 Å². The lowest BCUT2D eigenvalue weighted by atomic mass is 9.83. The van der Waals surface area contributed by atoms with Gasteiger partial charge in [-0.25, -0.2) is 0 Å². The largest absolute Gasteiger partial charge is 0.463 e. The maximum absolute atomic E-state index is 12.5. The minimum Gasteiger partial charge on any atom is -0.463 e. The third-order valence-electron chi connectivity index (χ3n) is 6.82. The first-order valence-electron chi connectivity index (χ1n) is 15.1. The van der Waals surface area contributed by atoms with Crippen LogP contribution in [0.15, 0.2) is 0 Å². The van der Waals surface area contributed by atoms with Crippen molar-refractivity contribution < 1.29 is 90.5 Å². The quantitative estimate of drug-likeness (QED) is 0.181. The molecule has 0 aromatic heterocycles. The van der Waals surface area contributed by atoms with E-state index in [1.54, 1.807) is 0 Å². The standard InChI is InChI=1S/C30H41NO19/c1-11(32)31-21-23(43-14(4)35)22(42-13(3)34)20(10-41-12(2)33)49-30(21)50-29-27(47-18(8)39)25(45-16(6)37)24(44-15(5)36)26(46-17(7)38)28(29)48-19(9)40/h20-30H,10H2,1-9H3,(H,31,32)/t20-,21-,22+,23-,24?,25-,26+,27-,28-,29?,30+/m1/s1. The van der Waals surface area contributed by atoms with E-state index in [1.165, 1.54) is 0 Å². The fourth-order valence-corrected chi connectivity index (χ4v) is 5.47. The molecule has 1 saturated heterocycles. The molecule has 0 aromatic carbocycles. The van der Waals surface area contributed by atoms with Gasteiger partial charge in [0.1, 0.15) is 24.9 Å². The Morgan fingerprint density at radius 3 is 1.08 bits per heavy atom. The molecule has 0 aromatic rings. The minimum atomic E-state index is -1.86. The van der Waals surface area contributed by atoms with Crippen molar-refractivity contribution in [3.63, 3.8) is 0 Å².